The molecule has 0 aliphatic heterocycles. The Morgan fingerprint density at radius 1 is 1.33 bits per heavy atom. The van der Waals surface area contributed by atoms with Gasteiger partial charge in [0.05, 0.1) is 6.54 Å². The molecule has 15 heavy (non-hydrogen) atoms. The average Bonchev–Trinajstić information content (AvgIpc) is 2.18. The Hall–Kier alpha value is -1.06. The molecule has 0 saturated heterocycles. The van der Waals surface area contributed by atoms with Crippen molar-refractivity contribution in [3.63, 3.8) is 0 Å². The number of rotatable bonds is 3. The summed E-state index contributed by atoms with van der Waals surface area (Å²) >= 11 is 0. The molecule has 1 aliphatic rings. The van der Waals surface area contributed by atoms with Crippen LogP contribution in [0.2, 0.25) is 0 Å². The molecule has 3 atom stereocenters. The standard InChI is InChI=1S/C11H20N2O2/c1-7-3-4-8(2)9(5-7)11(15)13-6-10(12)14/h7-9H,3-6H2,1-2H3,(H2,12,14)(H,13,15)/t7-,8+,9-/m0/s1. The lowest BCUT2D eigenvalue weighted by atomic mass is 9.75. The van der Waals surface area contributed by atoms with Crippen molar-refractivity contribution in [1.82, 2.24) is 5.32 Å². The lowest BCUT2D eigenvalue weighted by Gasteiger charge is -2.31. The molecule has 3 N–H and O–H groups in total. The van der Waals surface area contributed by atoms with E-state index in [1.54, 1.807) is 0 Å². The van der Waals surface area contributed by atoms with E-state index in [1.165, 1.54) is 6.42 Å². The molecule has 2 amide bonds. The van der Waals surface area contributed by atoms with Gasteiger partial charge in [0.1, 0.15) is 0 Å². The van der Waals surface area contributed by atoms with E-state index in [0.29, 0.717) is 11.8 Å². The molecular formula is C11H20N2O2. The van der Waals surface area contributed by atoms with Crippen molar-refractivity contribution in [2.75, 3.05) is 6.54 Å². The largest absolute Gasteiger partial charge is 0.368 e. The van der Waals surface area contributed by atoms with Gasteiger partial charge in [-0.3, -0.25) is 9.59 Å². The first-order valence-corrected chi connectivity index (χ1v) is 5.56. The monoisotopic (exact) mass is 212 g/mol. The van der Waals surface area contributed by atoms with E-state index in [2.05, 4.69) is 19.2 Å². The van der Waals surface area contributed by atoms with Crippen LogP contribution >= 0.6 is 0 Å². The third-order valence-corrected chi connectivity index (χ3v) is 3.23. The number of hydrogen-bond donors (Lipinski definition) is 2. The minimum atomic E-state index is -0.486. The Kier molecular flexibility index (Phi) is 4.12. The Morgan fingerprint density at radius 2 is 2.00 bits per heavy atom. The van der Waals surface area contributed by atoms with Crippen LogP contribution in [0.15, 0.2) is 0 Å². The SMILES string of the molecule is C[C@H]1CC[C@@H](C)[C@@H](C(=O)NCC(N)=O)C1. The summed E-state index contributed by atoms with van der Waals surface area (Å²) in [6.07, 6.45) is 3.21. The summed E-state index contributed by atoms with van der Waals surface area (Å²) in [5.41, 5.74) is 4.98. The zero-order chi connectivity index (χ0) is 11.4. The Bertz CT molecular complexity index is 253. The van der Waals surface area contributed by atoms with E-state index < -0.39 is 5.91 Å². The van der Waals surface area contributed by atoms with Gasteiger partial charge in [0.15, 0.2) is 0 Å². The highest BCUT2D eigenvalue weighted by molar-refractivity contribution is 5.85. The van der Waals surface area contributed by atoms with Crippen LogP contribution in [0.25, 0.3) is 0 Å². The highest BCUT2D eigenvalue weighted by Crippen LogP contribution is 2.33. The van der Waals surface area contributed by atoms with Gasteiger partial charge < -0.3 is 11.1 Å². The van der Waals surface area contributed by atoms with Gasteiger partial charge in [-0.05, 0) is 24.7 Å². The van der Waals surface area contributed by atoms with E-state index in [-0.39, 0.29) is 18.4 Å². The molecule has 0 bridgehead atoms. The summed E-state index contributed by atoms with van der Waals surface area (Å²) in [7, 11) is 0. The number of carbonyl (C=O) groups excluding carboxylic acids is 2. The molecule has 86 valence electrons. The number of nitrogens with two attached hydrogens (primary N) is 1. The lowest BCUT2D eigenvalue weighted by molar-refractivity contribution is -0.130. The molecule has 1 aliphatic carbocycles. The Balaban J connectivity index is 2.45. The molecule has 4 nitrogen and oxygen atoms in total. The van der Waals surface area contributed by atoms with Gasteiger partial charge in [0.2, 0.25) is 11.8 Å². The lowest BCUT2D eigenvalue weighted by Crippen LogP contribution is -2.41. The summed E-state index contributed by atoms with van der Waals surface area (Å²) in [6.45, 7) is 4.22. The van der Waals surface area contributed by atoms with Gasteiger partial charge in [-0.2, -0.15) is 0 Å². The van der Waals surface area contributed by atoms with Crippen molar-refractivity contribution in [2.45, 2.75) is 33.1 Å². The van der Waals surface area contributed by atoms with Crippen LogP contribution in [-0.4, -0.2) is 18.4 Å². The van der Waals surface area contributed by atoms with Crippen molar-refractivity contribution >= 4 is 11.8 Å². The maximum absolute atomic E-state index is 11.7. The van der Waals surface area contributed by atoms with Gasteiger partial charge in [-0.1, -0.05) is 20.3 Å². The van der Waals surface area contributed by atoms with Crippen molar-refractivity contribution in [3.8, 4) is 0 Å². The molecule has 0 radical (unpaired) electrons. The predicted molar refractivity (Wildman–Crippen MR) is 57.9 cm³/mol. The second-order valence-corrected chi connectivity index (χ2v) is 4.69. The first-order chi connectivity index (χ1) is 7.00. The molecule has 0 aromatic carbocycles. The van der Waals surface area contributed by atoms with Gasteiger partial charge in [-0.25, -0.2) is 0 Å². The molecule has 1 fully saturated rings. The highest BCUT2D eigenvalue weighted by Gasteiger charge is 2.30. The van der Waals surface area contributed by atoms with Crippen LogP contribution in [0, 0.1) is 17.8 Å². The summed E-state index contributed by atoms with van der Waals surface area (Å²) in [5, 5.41) is 2.59. The highest BCUT2D eigenvalue weighted by atomic mass is 16.2. The molecule has 4 heteroatoms. The van der Waals surface area contributed by atoms with Crippen LogP contribution in [0.3, 0.4) is 0 Å². The third kappa shape index (κ3) is 3.53. The number of amides is 2. The van der Waals surface area contributed by atoms with Crippen molar-refractivity contribution in [1.29, 1.82) is 0 Å². The normalized spacial score (nSPS) is 30.9. The molecule has 0 aromatic rings. The fraction of sp³-hybridized carbons (Fsp3) is 0.818. The van der Waals surface area contributed by atoms with E-state index in [1.807, 2.05) is 0 Å². The summed E-state index contributed by atoms with van der Waals surface area (Å²) in [4.78, 5) is 22.3. The molecule has 0 heterocycles. The third-order valence-electron chi connectivity index (χ3n) is 3.23. The first-order valence-electron chi connectivity index (χ1n) is 5.56. The number of carbonyl (C=O) groups is 2. The van der Waals surface area contributed by atoms with Crippen molar-refractivity contribution < 1.29 is 9.59 Å². The van der Waals surface area contributed by atoms with Crippen LogP contribution < -0.4 is 11.1 Å². The Labute approximate surface area is 90.6 Å². The molecule has 0 unspecified atom stereocenters. The van der Waals surface area contributed by atoms with Crippen molar-refractivity contribution in [3.05, 3.63) is 0 Å². The minimum Gasteiger partial charge on any atom is -0.368 e. The molecule has 0 spiro atoms. The van der Waals surface area contributed by atoms with E-state index >= 15 is 0 Å². The Morgan fingerprint density at radius 3 is 2.60 bits per heavy atom. The van der Waals surface area contributed by atoms with Gasteiger partial charge in [-0.15, -0.1) is 0 Å². The fourth-order valence-electron chi connectivity index (χ4n) is 2.20. The number of primary amides is 1. The number of hydrogen-bond acceptors (Lipinski definition) is 2. The summed E-state index contributed by atoms with van der Waals surface area (Å²) in [6, 6.07) is 0. The van der Waals surface area contributed by atoms with Gasteiger partial charge in [0, 0.05) is 5.92 Å². The molecule has 1 rings (SSSR count). The van der Waals surface area contributed by atoms with E-state index in [4.69, 9.17) is 5.73 Å². The fourth-order valence-corrected chi connectivity index (χ4v) is 2.20. The predicted octanol–water partition coefficient (Wildman–Crippen LogP) is 0.660. The van der Waals surface area contributed by atoms with Crippen LogP contribution in [-0.2, 0) is 9.59 Å². The van der Waals surface area contributed by atoms with Crippen molar-refractivity contribution in [2.24, 2.45) is 23.5 Å². The maximum atomic E-state index is 11.7. The quantitative estimate of drug-likeness (QED) is 0.721. The summed E-state index contributed by atoms with van der Waals surface area (Å²) < 4.78 is 0. The van der Waals surface area contributed by atoms with E-state index in [9.17, 15) is 9.59 Å². The zero-order valence-electron chi connectivity index (χ0n) is 9.45. The molecule has 1 saturated carbocycles. The topological polar surface area (TPSA) is 72.2 Å². The number of nitrogens with one attached hydrogen (secondary N) is 1. The zero-order valence-corrected chi connectivity index (χ0v) is 9.45. The minimum absolute atomic E-state index is 0.0205. The van der Waals surface area contributed by atoms with Gasteiger partial charge in [0.25, 0.3) is 0 Å². The van der Waals surface area contributed by atoms with Crippen LogP contribution in [0.4, 0.5) is 0 Å². The van der Waals surface area contributed by atoms with E-state index in [0.717, 1.165) is 12.8 Å². The van der Waals surface area contributed by atoms with Crippen LogP contribution in [0.1, 0.15) is 33.1 Å². The van der Waals surface area contributed by atoms with Crippen LogP contribution in [0.5, 0.6) is 0 Å². The maximum Gasteiger partial charge on any atom is 0.236 e. The molecular weight excluding hydrogens is 192 g/mol. The summed E-state index contributed by atoms with van der Waals surface area (Å²) in [5.74, 6) is 0.556. The molecule has 0 aromatic heterocycles. The second-order valence-electron chi connectivity index (χ2n) is 4.69. The smallest absolute Gasteiger partial charge is 0.236 e. The average molecular weight is 212 g/mol. The second kappa shape index (κ2) is 5.14. The first kappa shape index (κ1) is 12.0. The van der Waals surface area contributed by atoms with Gasteiger partial charge >= 0.3 is 0 Å².